The quantitative estimate of drug-likeness (QED) is 0.0819. The van der Waals surface area contributed by atoms with Crippen LogP contribution in [0.5, 0.6) is 0 Å². The topological polar surface area (TPSA) is 210 Å². The lowest BCUT2D eigenvalue weighted by molar-refractivity contribution is -0.635. The molecule has 0 radical (unpaired) electrons. The number of fused-ring (bicyclic) bond motifs is 2. The van der Waals surface area contributed by atoms with Gasteiger partial charge < -0.3 is 43.8 Å². The summed E-state index contributed by atoms with van der Waals surface area (Å²) in [4.78, 5) is 13.3. The third-order valence-electron chi connectivity index (χ3n) is 5.72. The van der Waals surface area contributed by atoms with Crippen LogP contribution < -0.4 is 44.8 Å². The van der Waals surface area contributed by atoms with Crippen molar-refractivity contribution in [1.29, 1.82) is 0 Å². The molecule has 4 aromatic carbocycles. The molecule has 6 aromatic rings. The molecule has 2 heterocycles. The molecule has 0 bridgehead atoms. The van der Waals surface area contributed by atoms with Gasteiger partial charge in [0.15, 0.2) is 22.1 Å². The predicted octanol–water partition coefficient (Wildman–Crippen LogP) is 0.0655. The predicted molar refractivity (Wildman–Crippen MR) is 155 cm³/mol. The Balaban J connectivity index is 0.000000237. The highest BCUT2D eigenvalue weighted by Crippen LogP contribution is 2.20. The number of halogens is 1. The van der Waals surface area contributed by atoms with Gasteiger partial charge in [-0.05, 0) is 67.6 Å². The molecule has 0 amide bonds. The monoisotopic (exact) mass is 596 g/mol. The first-order valence-electron chi connectivity index (χ1n) is 11.7. The summed E-state index contributed by atoms with van der Waals surface area (Å²) in [5, 5.41) is 8.52. The van der Waals surface area contributed by atoms with Gasteiger partial charge in [-0.2, -0.15) is 0 Å². The lowest BCUT2D eigenvalue weighted by Crippen LogP contribution is -3.00. The van der Waals surface area contributed by atoms with E-state index in [1.54, 1.807) is 0 Å². The number of imidazole rings is 2. The Hall–Kier alpha value is -4.46. The lowest BCUT2D eigenvalue weighted by atomic mass is 10.1. The molecular weight excluding hydrogens is 566 g/mol. The van der Waals surface area contributed by atoms with Crippen molar-refractivity contribution in [3.63, 3.8) is 0 Å². The Labute approximate surface area is 245 Å². The zero-order valence-corrected chi connectivity index (χ0v) is 22.8. The maximum atomic E-state index is 8.83. The van der Waals surface area contributed by atoms with E-state index in [1.165, 1.54) is 5.56 Å². The second-order valence-corrected chi connectivity index (χ2v) is 9.16. The Morgan fingerprint density at radius 3 is 1.46 bits per heavy atom. The van der Waals surface area contributed by atoms with Gasteiger partial charge in [-0.15, -0.1) is 0 Å². The largest absolute Gasteiger partial charge is 1.00 e. The Morgan fingerprint density at radius 2 is 1.07 bits per heavy atom. The number of hydrogen-bond donors (Lipinski definition) is 5. The number of aryl methyl sites for hydroxylation is 1. The molecule has 0 saturated heterocycles. The number of nitrogen functional groups attached to an aromatic ring is 3. The number of aromatic amines is 4. The maximum absolute atomic E-state index is 8.83. The summed E-state index contributed by atoms with van der Waals surface area (Å²) in [5.74, 6) is 1.95. The number of nitrogens with two attached hydrogens (primary N) is 3. The van der Waals surface area contributed by atoms with Crippen LogP contribution in [-0.4, -0.2) is 18.7 Å². The zero-order chi connectivity index (χ0) is 27.9. The molecule has 0 fully saturated rings. The van der Waals surface area contributed by atoms with Crippen LogP contribution in [0.1, 0.15) is 13.0 Å². The summed E-state index contributed by atoms with van der Waals surface area (Å²) in [6.07, 6.45) is 0. The zero-order valence-electron chi connectivity index (χ0n) is 21.2. The van der Waals surface area contributed by atoms with E-state index in [4.69, 9.17) is 31.2 Å². The first-order valence-corrected chi connectivity index (χ1v) is 12.7. The van der Waals surface area contributed by atoms with E-state index in [-0.39, 0.29) is 19.8 Å². The van der Waals surface area contributed by atoms with Gasteiger partial charge in [0, 0.05) is 29.2 Å². The number of nitrogens with one attached hydrogen (secondary N) is 4. The van der Waals surface area contributed by atoms with Gasteiger partial charge in [-0.3, -0.25) is 0 Å². The molecule has 216 valence electrons. The van der Waals surface area contributed by atoms with E-state index in [0.717, 1.165) is 61.9 Å². The first kappa shape index (κ1) is 32.8. The Kier molecular flexibility index (Phi) is 11.8. The highest BCUT2D eigenvalue weighted by Gasteiger charge is 2.12. The van der Waals surface area contributed by atoms with E-state index in [2.05, 4.69) is 55.5 Å². The summed E-state index contributed by atoms with van der Waals surface area (Å²) in [5.41, 5.74) is 27.0. The summed E-state index contributed by atoms with van der Waals surface area (Å²) in [6.45, 7) is 2.08. The highest BCUT2D eigenvalue weighted by atomic mass is 35.5. The molecule has 0 spiro atoms. The summed E-state index contributed by atoms with van der Waals surface area (Å²) < 4.78 is 20.1. The highest BCUT2D eigenvalue weighted by molar-refractivity contribution is 7.73. The van der Waals surface area contributed by atoms with Crippen molar-refractivity contribution >= 4 is 50.5 Å². The van der Waals surface area contributed by atoms with Crippen molar-refractivity contribution in [1.82, 2.24) is 9.97 Å². The van der Waals surface area contributed by atoms with Crippen LogP contribution >= 0.6 is 0 Å². The van der Waals surface area contributed by atoms with Crippen molar-refractivity contribution in [3.05, 3.63) is 90.5 Å². The molecule has 2 aromatic heterocycles. The molecule has 0 saturated carbocycles. The van der Waals surface area contributed by atoms with Crippen LogP contribution in [0, 0.1) is 6.92 Å². The summed E-state index contributed by atoms with van der Waals surface area (Å²) >= 11 is -2.88. The van der Waals surface area contributed by atoms with E-state index in [9.17, 15) is 0 Å². The van der Waals surface area contributed by atoms with Gasteiger partial charge in [-0.1, -0.05) is 25.1 Å². The molecule has 6 rings (SSSR count). The van der Waals surface area contributed by atoms with Crippen LogP contribution in [0.25, 0.3) is 44.8 Å². The van der Waals surface area contributed by atoms with Gasteiger partial charge >= 0.3 is 0 Å². The first-order chi connectivity index (χ1) is 18.7. The molecule has 1 atom stereocenters. The minimum Gasteiger partial charge on any atom is -1.00 e. The molecule has 11 nitrogen and oxygen atoms in total. The van der Waals surface area contributed by atoms with E-state index < -0.39 is 11.4 Å². The van der Waals surface area contributed by atoms with Crippen molar-refractivity contribution in [3.8, 4) is 22.8 Å². The van der Waals surface area contributed by atoms with Gasteiger partial charge in [0.05, 0.1) is 22.5 Å². The van der Waals surface area contributed by atoms with Crippen molar-refractivity contribution in [2.24, 2.45) is 0 Å². The molecule has 0 aliphatic rings. The smallest absolute Gasteiger partial charge is 0.285 e. The minimum atomic E-state index is -2.88. The average molecular weight is 597 g/mol. The molecule has 13 heteroatoms. The van der Waals surface area contributed by atoms with Crippen LogP contribution in [-0.2, 0) is 15.7 Å². The molecule has 1 unspecified atom stereocenters. The number of anilines is 3. The molecule has 41 heavy (non-hydrogen) atoms. The fraction of sp³-hybridized carbons (Fsp3) is 0.0714. The second kappa shape index (κ2) is 14.8. The number of H-pyrrole nitrogens is 4. The van der Waals surface area contributed by atoms with E-state index >= 15 is 0 Å². The molecular formula is C28H31ClN7O4S-. The third kappa shape index (κ3) is 8.76. The number of aromatic nitrogens is 4. The number of benzene rings is 4. The number of rotatable bonds is 3. The Bertz CT molecular complexity index is 1600. The lowest BCUT2D eigenvalue weighted by Gasteiger charge is -2.05. The van der Waals surface area contributed by atoms with Gasteiger partial charge in [0.2, 0.25) is 0 Å². The van der Waals surface area contributed by atoms with Crippen molar-refractivity contribution in [2.45, 2.75) is 14.4 Å². The van der Waals surface area contributed by atoms with Crippen LogP contribution in [0.4, 0.5) is 17.1 Å². The fourth-order valence-corrected chi connectivity index (χ4v) is 3.81. The number of hydrogen-bond acceptors (Lipinski definition) is 7. The van der Waals surface area contributed by atoms with E-state index in [1.807, 2.05) is 60.7 Å². The third-order valence-corrected chi connectivity index (χ3v) is 5.83. The van der Waals surface area contributed by atoms with Crippen LogP contribution in [0.3, 0.4) is 0 Å². The van der Waals surface area contributed by atoms with Gasteiger partial charge in [0.1, 0.15) is 0 Å². The molecule has 0 aliphatic heterocycles. The fourth-order valence-electron chi connectivity index (χ4n) is 3.81. The molecule has 10 N–H and O–H groups in total. The van der Waals surface area contributed by atoms with Gasteiger partial charge in [0.25, 0.3) is 11.6 Å². The van der Waals surface area contributed by atoms with Crippen LogP contribution in [0.15, 0.2) is 84.9 Å². The normalized spacial score (nSPS) is 10.8. The molecule has 0 aliphatic carbocycles. The standard InChI is InChI=1S/C14H13N3.C13H12N4.CH4.ClH.H2O4S/c1-9-2-4-10(5-3-9)14-16-12-7-6-11(15)8-13(12)17-14;14-9-3-1-8(2-4-9)13-16-11-6-5-10(15)7-12(11)17-13;;;1-4-5(2)3/h2-8H,15H2,1H3,(H,16,17);1-7H,14-15H2,(H,16,17);1H4;1H;1H,(H,2,3)/p-1. The summed E-state index contributed by atoms with van der Waals surface area (Å²) in [6, 6.07) is 27.7. The SMILES string of the molecule is C.Cc1ccc(-c2[nH]c3cc(N)ccc3[nH+]2)cc1.Nc1ccc(-c2[nH]c3cc(N)ccc3[nH+]2)cc1.O=S([O-])O[O-].[Cl-]. The van der Waals surface area contributed by atoms with Gasteiger partial charge in [-0.25, -0.2) is 24.1 Å². The average Bonchev–Trinajstić information content (AvgIpc) is 3.54. The van der Waals surface area contributed by atoms with E-state index in [0.29, 0.717) is 0 Å². The van der Waals surface area contributed by atoms with Crippen molar-refractivity contribution < 1.29 is 40.7 Å². The van der Waals surface area contributed by atoms with Crippen molar-refractivity contribution in [2.75, 3.05) is 17.2 Å². The van der Waals surface area contributed by atoms with Crippen LogP contribution in [0.2, 0.25) is 0 Å². The second-order valence-electron chi connectivity index (χ2n) is 8.62. The Morgan fingerprint density at radius 1 is 0.707 bits per heavy atom. The minimum absolute atomic E-state index is 0. The summed E-state index contributed by atoms with van der Waals surface area (Å²) in [7, 11) is 0. The maximum Gasteiger partial charge on any atom is 0.285 e.